The first-order chi connectivity index (χ1) is 8.61. The third-order valence-electron chi connectivity index (χ3n) is 3.27. The van der Waals surface area contributed by atoms with Crippen molar-refractivity contribution in [2.45, 2.75) is 6.92 Å². The van der Waals surface area contributed by atoms with Crippen LogP contribution in [-0.4, -0.2) is 48.4 Å². The normalized spacial score (nSPS) is 16.9. The molecule has 0 aromatic heterocycles. The Bertz CT molecular complexity index is 445. The summed E-state index contributed by atoms with van der Waals surface area (Å²) in [6, 6.07) is 4.52. The first-order valence-corrected chi connectivity index (χ1v) is 6.87. The van der Waals surface area contributed by atoms with Crippen molar-refractivity contribution in [3.05, 3.63) is 34.1 Å². The molecular formula is C13H16BrFN2O. The molecule has 0 radical (unpaired) electrons. The molecule has 1 fully saturated rings. The maximum Gasteiger partial charge on any atom is 0.254 e. The number of rotatable bonds is 2. The van der Waals surface area contributed by atoms with Crippen molar-refractivity contribution in [2.24, 2.45) is 0 Å². The molecule has 1 aliphatic heterocycles. The first-order valence-electron chi connectivity index (χ1n) is 6.08. The van der Waals surface area contributed by atoms with Crippen LogP contribution in [0.5, 0.6) is 0 Å². The summed E-state index contributed by atoms with van der Waals surface area (Å²) >= 11 is 3.09. The largest absolute Gasteiger partial charge is 0.336 e. The van der Waals surface area contributed by atoms with Crippen LogP contribution >= 0.6 is 15.9 Å². The number of halogens is 2. The van der Waals surface area contributed by atoms with Crippen LogP contribution in [0.25, 0.3) is 0 Å². The summed E-state index contributed by atoms with van der Waals surface area (Å²) < 4.78 is 13.8. The fourth-order valence-electron chi connectivity index (χ4n) is 2.08. The van der Waals surface area contributed by atoms with Gasteiger partial charge in [-0.2, -0.15) is 0 Å². The summed E-state index contributed by atoms with van der Waals surface area (Å²) in [4.78, 5) is 16.3. The number of hydrogen-bond acceptors (Lipinski definition) is 2. The summed E-state index contributed by atoms with van der Waals surface area (Å²) in [6.45, 7) is 6.33. The third-order valence-corrected chi connectivity index (χ3v) is 3.92. The molecule has 3 nitrogen and oxygen atoms in total. The van der Waals surface area contributed by atoms with Gasteiger partial charge in [0.1, 0.15) is 5.82 Å². The molecule has 5 heteroatoms. The molecule has 98 valence electrons. The van der Waals surface area contributed by atoms with Crippen LogP contribution in [0.4, 0.5) is 4.39 Å². The Morgan fingerprint density at radius 3 is 2.56 bits per heavy atom. The summed E-state index contributed by atoms with van der Waals surface area (Å²) in [5.74, 6) is -0.481. The number of nitrogens with zero attached hydrogens (tertiary/aromatic N) is 2. The van der Waals surface area contributed by atoms with Crippen molar-refractivity contribution in [3.8, 4) is 0 Å². The lowest BCUT2D eigenvalue weighted by atomic mass is 10.1. The maximum atomic E-state index is 13.4. The topological polar surface area (TPSA) is 23.6 Å². The van der Waals surface area contributed by atoms with Crippen LogP contribution in [0.15, 0.2) is 22.7 Å². The number of carbonyl (C=O) groups excluding carboxylic acids is 1. The van der Waals surface area contributed by atoms with E-state index in [-0.39, 0.29) is 5.91 Å². The van der Waals surface area contributed by atoms with E-state index in [1.807, 2.05) is 0 Å². The van der Waals surface area contributed by atoms with E-state index in [2.05, 4.69) is 27.8 Å². The van der Waals surface area contributed by atoms with Gasteiger partial charge in [-0.15, -0.1) is 0 Å². The van der Waals surface area contributed by atoms with Crippen LogP contribution in [0.3, 0.4) is 0 Å². The molecule has 0 N–H and O–H groups in total. The fraction of sp³-hybridized carbons (Fsp3) is 0.462. The first kappa shape index (κ1) is 13.5. The van der Waals surface area contributed by atoms with E-state index in [4.69, 9.17) is 0 Å². The zero-order chi connectivity index (χ0) is 13.1. The van der Waals surface area contributed by atoms with Crippen LogP contribution < -0.4 is 0 Å². The molecule has 18 heavy (non-hydrogen) atoms. The highest BCUT2D eigenvalue weighted by molar-refractivity contribution is 9.10. The molecule has 0 spiro atoms. The van der Waals surface area contributed by atoms with Gasteiger partial charge in [-0.25, -0.2) is 4.39 Å². The highest BCUT2D eigenvalue weighted by Crippen LogP contribution is 2.18. The number of hydrogen-bond donors (Lipinski definition) is 0. The molecule has 0 aliphatic carbocycles. The minimum Gasteiger partial charge on any atom is -0.336 e. The lowest BCUT2D eigenvalue weighted by Crippen LogP contribution is -2.48. The van der Waals surface area contributed by atoms with Crippen molar-refractivity contribution < 1.29 is 9.18 Å². The molecule has 0 unspecified atom stereocenters. The van der Waals surface area contributed by atoms with Gasteiger partial charge in [-0.1, -0.05) is 6.92 Å². The minimum atomic E-state index is -0.395. The van der Waals surface area contributed by atoms with Gasteiger partial charge in [-0.3, -0.25) is 4.79 Å². The Labute approximate surface area is 115 Å². The molecule has 1 aromatic carbocycles. The monoisotopic (exact) mass is 314 g/mol. The number of amides is 1. The van der Waals surface area contributed by atoms with Gasteiger partial charge >= 0.3 is 0 Å². The van der Waals surface area contributed by atoms with Crippen molar-refractivity contribution in [1.82, 2.24) is 9.80 Å². The second-order valence-electron chi connectivity index (χ2n) is 4.36. The Balaban J connectivity index is 2.05. The van der Waals surface area contributed by atoms with E-state index < -0.39 is 5.82 Å². The third kappa shape index (κ3) is 2.90. The molecular weight excluding hydrogens is 299 g/mol. The minimum absolute atomic E-state index is 0.0860. The van der Waals surface area contributed by atoms with Crippen LogP contribution in [0.2, 0.25) is 0 Å². The summed E-state index contributed by atoms with van der Waals surface area (Å²) in [5.41, 5.74) is 0.417. The van der Waals surface area contributed by atoms with Gasteiger partial charge in [0.2, 0.25) is 0 Å². The van der Waals surface area contributed by atoms with E-state index in [0.717, 1.165) is 19.6 Å². The molecule has 1 amide bonds. The SMILES string of the molecule is CCN1CCN(C(=O)c2ccc(Br)c(F)c2)CC1. The zero-order valence-corrected chi connectivity index (χ0v) is 11.9. The Morgan fingerprint density at radius 1 is 1.33 bits per heavy atom. The smallest absolute Gasteiger partial charge is 0.254 e. The standard InChI is InChI=1S/C13H16BrFN2O/c1-2-16-5-7-17(8-6-16)13(18)10-3-4-11(14)12(15)9-10/h3-4,9H,2,5-8H2,1H3. The van der Waals surface area contributed by atoms with E-state index in [9.17, 15) is 9.18 Å². The number of carbonyl (C=O) groups is 1. The van der Waals surface area contributed by atoms with Gasteiger partial charge in [0.05, 0.1) is 4.47 Å². The van der Waals surface area contributed by atoms with Crippen molar-refractivity contribution >= 4 is 21.8 Å². The highest BCUT2D eigenvalue weighted by atomic mass is 79.9. The quantitative estimate of drug-likeness (QED) is 0.836. The van der Waals surface area contributed by atoms with E-state index >= 15 is 0 Å². The molecule has 0 bridgehead atoms. The second-order valence-corrected chi connectivity index (χ2v) is 5.21. The Hall–Kier alpha value is -0.940. The Kier molecular flexibility index (Phi) is 4.35. The van der Waals surface area contributed by atoms with Crippen molar-refractivity contribution in [3.63, 3.8) is 0 Å². The molecule has 1 saturated heterocycles. The number of benzene rings is 1. The van der Waals surface area contributed by atoms with E-state index in [1.54, 1.807) is 17.0 Å². The highest BCUT2D eigenvalue weighted by Gasteiger charge is 2.21. The van der Waals surface area contributed by atoms with E-state index in [0.29, 0.717) is 23.1 Å². The van der Waals surface area contributed by atoms with Gasteiger partial charge < -0.3 is 9.80 Å². The molecule has 2 rings (SSSR count). The number of likely N-dealkylation sites (N-methyl/N-ethyl adjacent to an activating group) is 1. The average Bonchev–Trinajstić information content (AvgIpc) is 2.41. The lowest BCUT2D eigenvalue weighted by molar-refractivity contribution is 0.0643. The van der Waals surface area contributed by atoms with Crippen LogP contribution in [0, 0.1) is 5.82 Å². The van der Waals surface area contributed by atoms with Gasteiger partial charge in [0.25, 0.3) is 5.91 Å². The lowest BCUT2D eigenvalue weighted by Gasteiger charge is -2.34. The Morgan fingerprint density at radius 2 is 2.00 bits per heavy atom. The van der Waals surface area contributed by atoms with Crippen molar-refractivity contribution in [2.75, 3.05) is 32.7 Å². The predicted molar refractivity (Wildman–Crippen MR) is 72.1 cm³/mol. The van der Waals surface area contributed by atoms with Crippen LogP contribution in [-0.2, 0) is 0 Å². The predicted octanol–water partition coefficient (Wildman–Crippen LogP) is 2.37. The number of piperazine rings is 1. The summed E-state index contributed by atoms with van der Waals surface area (Å²) in [5, 5.41) is 0. The fourth-order valence-corrected chi connectivity index (χ4v) is 2.33. The average molecular weight is 315 g/mol. The van der Waals surface area contributed by atoms with E-state index in [1.165, 1.54) is 6.07 Å². The van der Waals surface area contributed by atoms with Crippen LogP contribution in [0.1, 0.15) is 17.3 Å². The van der Waals surface area contributed by atoms with Gasteiger partial charge in [0, 0.05) is 31.7 Å². The molecule has 1 heterocycles. The van der Waals surface area contributed by atoms with Gasteiger partial charge in [0.15, 0.2) is 0 Å². The zero-order valence-electron chi connectivity index (χ0n) is 10.3. The molecule has 1 aliphatic rings. The van der Waals surface area contributed by atoms with Gasteiger partial charge in [-0.05, 0) is 40.7 Å². The molecule has 0 atom stereocenters. The molecule has 1 aromatic rings. The summed E-state index contributed by atoms with van der Waals surface area (Å²) in [7, 11) is 0. The summed E-state index contributed by atoms with van der Waals surface area (Å²) in [6.07, 6.45) is 0. The maximum absolute atomic E-state index is 13.4. The van der Waals surface area contributed by atoms with Crippen molar-refractivity contribution in [1.29, 1.82) is 0 Å². The second kappa shape index (κ2) is 5.80. The molecule has 0 saturated carbocycles.